The molecule has 0 aliphatic heterocycles. The van der Waals surface area contributed by atoms with Crippen LogP contribution in [0.1, 0.15) is 32.6 Å². The van der Waals surface area contributed by atoms with Gasteiger partial charge in [0.15, 0.2) is 5.11 Å². The van der Waals surface area contributed by atoms with Gasteiger partial charge in [-0.25, -0.2) is 0 Å². The molecule has 1 fully saturated rings. The summed E-state index contributed by atoms with van der Waals surface area (Å²) in [5.74, 6) is 0.704. The lowest BCUT2D eigenvalue weighted by atomic mass is 9.86. The predicted molar refractivity (Wildman–Crippen MR) is 94.7 cm³/mol. The van der Waals surface area contributed by atoms with Crippen molar-refractivity contribution in [3.8, 4) is 0 Å². The highest BCUT2D eigenvalue weighted by molar-refractivity contribution is 7.80. The summed E-state index contributed by atoms with van der Waals surface area (Å²) in [6.45, 7) is 2.31. The molecule has 2 nitrogen and oxygen atoms in total. The maximum absolute atomic E-state index is 5.47. The molecule has 2 aromatic carbocycles. The molecule has 0 bridgehead atoms. The molecule has 0 amide bonds. The van der Waals surface area contributed by atoms with Crippen molar-refractivity contribution in [1.29, 1.82) is 0 Å². The van der Waals surface area contributed by atoms with Crippen LogP contribution in [0.5, 0.6) is 0 Å². The fourth-order valence-electron chi connectivity index (χ4n) is 3.13. The van der Waals surface area contributed by atoms with Crippen molar-refractivity contribution in [2.24, 2.45) is 5.92 Å². The summed E-state index contributed by atoms with van der Waals surface area (Å²) in [5.41, 5.74) is 1.05. The number of fused-ring (bicyclic) bond motifs is 1. The Morgan fingerprint density at radius 2 is 1.81 bits per heavy atom. The zero-order valence-electron chi connectivity index (χ0n) is 12.4. The first-order chi connectivity index (χ1) is 10.2. The average Bonchev–Trinajstić information content (AvgIpc) is 2.49. The van der Waals surface area contributed by atoms with Crippen LogP contribution in [0.4, 0.5) is 5.69 Å². The van der Waals surface area contributed by atoms with E-state index in [4.69, 9.17) is 12.2 Å². The average molecular weight is 298 g/mol. The Bertz CT molecular complexity index is 638. The Morgan fingerprint density at radius 1 is 1.05 bits per heavy atom. The predicted octanol–water partition coefficient (Wildman–Crippen LogP) is 4.70. The van der Waals surface area contributed by atoms with Crippen LogP contribution in [-0.4, -0.2) is 11.2 Å². The van der Waals surface area contributed by atoms with Gasteiger partial charge in [0.25, 0.3) is 0 Å². The second-order valence-corrected chi connectivity index (χ2v) is 6.44. The van der Waals surface area contributed by atoms with E-state index >= 15 is 0 Å². The van der Waals surface area contributed by atoms with Gasteiger partial charge in [0.2, 0.25) is 0 Å². The summed E-state index contributed by atoms with van der Waals surface area (Å²) in [6, 6.07) is 15.2. The Morgan fingerprint density at radius 3 is 2.62 bits per heavy atom. The molecule has 110 valence electrons. The number of hydrogen-bond acceptors (Lipinski definition) is 1. The van der Waals surface area contributed by atoms with Gasteiger partial charge in [0.05, 0.1) is 0 Å². The van der Waals surface area contributed by atoms with Crippen molar-refractivity contribution in [2.75, 3.05) is 5.32 Å². The minimum absolute atomic E-state index is 0.513. The van der Waals surface area contributed by atoms with Gasteiger partial charge in [-0.05, 0) is 53.9 Å². The molecule has 1 aliphatic rings. The third-order valence-corrected chi connectivity index (χ3v) is 4.66. The summed E-state index contributed by atoms with van der Waals surface area (Å²) in [7, 11) is 0. The van der Waals surface area contributed by atoms with Crippen LogP contribution in [0.25, 0.3) is 10.8 Å². The molecule has 0 spiro atoms. The minimum atomic E-state index is 0.513. The largest absolute Gasteiger partial charge is 0.359 e. The molecule has 1 aliphatic carbocycles. The van der Waals surface area contributed by atoms with Crippen LogP contribution < -0.4 is 10.6 Å². The zero-order chi connectivity index (χ0) is 14.7. The second kappa shape index (κ2) is 6.44. The number of benzene rings is 2. The Kier molecular flexibility index (Phi) is 4.39. The lowest BCUT2D eigenvalue weighted by Crippen LogP contribution is -2.43. The van der Waals surface area contributed by atoms with Crippen LogP contribution in [0.3, 0.4) is 0 Å². The molecule has 2 N–H and O–H groups in total. The van der Waals surface area contributed by atoms with E-state index in [0.29, 0.717) is 12.0 Å². The quantitative estimate of drug-likeness (QED) is 0.786. The second-order valence-electron chi connectivity index (χ2n) is 6.03. The van der Waals surface area contributed by atoms with Gasteiger partial charge >= 0.3 is 0 Å². The minimum Gasteiger partial charge on any atom is -0.359 e. The highest BCUT2D eigenvalue weighted by Crippen LogP contribution is 2.24. The fourth-order valence-corrected chi connectivity index (χ4v) is 3.40. The van der Waals surface area contributed by atoms with E-state index in [2.05, 4.69) is 60.0 Å². The van der Waals surface area contributed by atoms with E-state index in [1.165, 1.54) is 36.5 Å². The first-order valence-electron chi connectivity index (χ1n) is 7.79. The summed E-state index contributed by atoms with van der Waals surface area (Å²) < 4.78 is 0. The molecular weight excluding hydrogens is 276 g/mol. The van der Waals surface area contributed by atoms with Gasteiger partial charge in [0, 0.05) is 11.7 Å². The van der Waals surface area contributed by atoms with Gasteiger partial charge in [-0.1, -0.05) is 50.1 Å². The lowest BCUT2D eigenvalue weighted by Gasteiger charge is -2.30. The summed E-state index contributed by atoms with van der Waals surface area (Å²) >= 11 is 5.47. The van der Waals surface area contributed by atoms with E-state index in [-0.39, 0.29) is 0 Å². The monoisotopic (exact) mass is 298 g/mol. The van der Waals surface area contributed by atoms with E-state index in [0.717, 1.165) is 10.8 Å². The molecule has 0 radical (unpaired) electrons. The number of thiocarbonyl (C=S) groups is 1. The fraction of sp³-hybridized carbons (Fsp3) is 0.389. The lowest BCUT2D eigenvalue weighted by molar-refractivity contribution is 0.309. The van der Waals surface area contributed by atoms with Crippen LogP contribution in [0.2, 0.25) is 0 Å². The molecule has 3 rings (SSSR count). The maximum Gasteiger partial charge on any atom is 0.171 e. The number of anilines is 1. The Hall–Kier alpha value is -1.61. The molecule has 0 aromatic heterocycles. The van der Waals surface area contributed by atoms with Crippen LogP contribution >= 0.6 is 12.2 Å². The van der Waals surface area contributed by atoms with E-state index in [1.807, 2.05) is 0 Å². The summed E-state index contributed by atoms with van der Waals surface area (Å²) in [6.07, 6.45) is 5.18. The van der Waals surface area contributed by atoms with Gasteiger partial charge < -0.3 is 10.6 Å². The SMILES string of the molecule is C[C@@H]1CCCC[C@@H]1NC(=S)Nc1ccc2ccccc2c1. The molecule has 0 unspecified atom stereocenters. The molecule has 0 heterocycles. The molecule has 2 aromatic rings. The Balaban J connectivity index is 1.65. The topological polar surface area (TPSA) is 24.1 Å². The van der Waals surface area contributed by atoms with Crippen molar-refractivity contribution in [3.05, 3.63) is 42.5 Å². The zero-order valence-corrected chi connectivity index (χ0v) is 13.2. The van der Waals surface area contributed by atoms with Crippen molar-refractivity contribution >= 4 is 33.8 Å². The van der Waals surface area contributed by atoms with Crippen molar-refractivity contribution in [2.45, 2.75) is 38.6 Å². The van der Waals surface area contributed by atoms with Crippen molar-refractivity contribution in [3.63, 3.8) is 0 Å². The normalized spacial score (nSPS) is 22.0. The number of hydrogen-bond donors (Lipinski definition) is 2. The molecule has 2 atom stereocenters. The van der Waals surface area contributed by atoms with Crippen molar-refractivity contribution < 1.29 is 0 Å². The van der Waals surface area contributed by atoms with Crippen LogP contribution in [-0.2, 0) is 0 Å². The maximum atomic E-state index is 5.47. The van der Waals surface area contributed by atoms with E-state index in [1.54, 1.807) is 0 Å². The standard InChI is InChI=1S/C18H22N2S/c1-13-6-2-5-9-17(13)20-18(21)19-16-11-10-14-7-3-4-8-15(14)12-16/h3-4,7-8,10-13,17H,2,5-6,9H2,1H3,(H2,19,20,21)/t13-,17+/m1/s1. The number of rotatable bonds is 2. The third kappa shape index (κ3) is 3.53. The molecule has 21 heavy (non-hydrogen) atoms. The molecule has 0 saturated heterocycles. The smallest absolute Gasteiger partial charge is 0.171 e. The van der Waals surface area contributed by atoms with Gasteiger partial charge in [-0.2, -0.15) is 0 Å². The molecule has 3 heteroatoms. The van der Waals surface area contributed by atoms with Gasteiger partial charge in [0.1, 0.15) is 0 Å². The first kappa shape index (κ1) is 14.3. The highest BCUT2D eigenvalue weighted by atomic mass is 32.1. The van der Waals surface area contributed by atoms with Crippen molar-refractivity contribution in [1.82, 2.24) is 5.32 Å². The van der Waals surface area contributed by atoms with E-state index in [9.17, 15) is 0 Å². The van der Waals surface area contributed by atoms with Gasteiger partial charge in [-0.15, -0.1) is 0 Å². The third-order valence-electron chi connectivity index (χ3n) is 4.44. The summed E-state index contributed by atoms with van der Waals surface area (Å²) in [5, 5.41) is 10.0. The van der Waals surface area contributed by atoms with E-state index < -0.39 is 0 Å². The summed E-state index contributed by atoms with van der Waals surface area (Å²) in [4.78, 5) is 0. The Labute approximate surface area is 131 Å². The van der Waals surface area contributed by atoms with Crippen LogP contribution in [0, 0.1) is 5.92 Å². The van der Waals surface area contributed by atoms with Crippen LogP contribution in [0.15, 0.2) is 42.5 Å². The molecular formula is C18H22N2S. The first-order valence-corrected chi connectivity index (χ1v) is 8.19. The molecule has 1 saturated carbocycles. The highest BCUT2D eigenvalue weighted by Gasteiger charge is 2.21. The number of nitrogens with one attached hydrogen (secondary N) is 2. The van der Waals surface area contributed by atoms with Gasteiger partial charge in [-0.3, -0.25) is 0 Å².